The molecular weight excluding hydrogens is 352 g/mol. The van der Waals surface area contributed by atoms with Crippen LogP contribution in [0, 0.1) is 0 Å². The third-order valence-electron chi connectivity index (χ3n) is 4.91. The second kappa shape index (κ2) is 7.24. The largest absolute Gasteiger partial charge is 0.507 e. The Morgan fingerprint density at radius 3 is 2.64 bits per heavy atom. The molecule has 1 aliphatic rings. The zero-order chi connectivity index (χ0) is 19.7. The van der Waals surface area contributed by atoms with Crippen molar-refractivity contribution in [1.82, 2.24) is 25.7 Å². The molecule has 7 heteroatoms. The average Bonchev–Trinajstić information content (AvgIpc) is 3.32. The number of anilines is 1. The molecule has 1 fully saturated rings. The van der Waals surface area contributed by atoms with E-state index in [2.05, 4.69) is 51.4 Å². The Labute approximate surface area is 164 Å². The van der Waals surface area contributed by atoms with E-state index in [4.69, 9.17) is 0 Å². The first kappa shape index (κ1) is 18.4. The summed E-state index contributed by atoms with van der Waals surface area (Å²) in [5, 5.41) is 29.6. The van der Waals surface area contributed by atoms with Gasteiger partial charge in [0.25, 0.3) is 0 Å². The number of aromatic hydroxyl groups is 1. The molecule has 146 valence electrons. The van der Waals surface area contributed by atoms with Gasteiger partial charge in [0.1, 0.15) is 5.75 Å². The third kappa shape index (κ3) is 3.99. The second-order valence-electron chi connectivity index (χ2n) is 8.32. The van der Waals surface area contributed by atoms with E-state index in [-0.39, 0.29) is 11.3 Å². The molecule has 0 aliphatic carbocycles. The summed E-state index contributed by atoms with van der Waals surface area (Å²) in [5.41, 5.74) is 3.25. The molecular formula is C21H26N6O. The molecule has 7 nitrogen and oxygen atoms in total. The van der Waals surface area contributed by atoms with Crippen molar-refractivity contribution < 1.29 is 5.11 Å². The van der Waals surface area contributed by atoms with Crippen LogP contribution in [-0.2, 0) is 0 Å². The van der Waals surface area contributed by atoms with Crippen molar-refractivity contribution in [2.24, 2.45) is 0 Å². The van der Waals surface area contributed by atoms with Crippen LogP contribution in [-0.4, -0.2) is 50.2 Å². The first-order valence-corrected chi connectivity index (χ1v) is 9.58. The van der Waals surface area contributed by atoms with E-state index in [9.17, 15) is 5.11 Å². The predicted molar refractivity (Wildman–Crippen MR) is 110 cm³/mol. The number of nitrogens with one attached hydrogen (secondary N) is 2. The molecule has 28 heavy (non-hydrogen) atoms. The molecule has 0 saturated carbocycles. The van der Waals surface area contributed by atoms with E-state index < -0.39 is 0 Å². The summed E-state index contributed by atoms with van der Waals surface area (Å²) in [7, 11) is 0. The fourth-order valence-corrected chi connectivity index (χ4v) is 3.67. The van der Waals surface area contributed by atoms with Gasteiger partial charge in [-0.2, -0.15) is 5.10 Å². The van der Waals surface area contributed by atoms with Crippen LogP contribution < -0.4 is 10.2 Å². The van der Waals surface area contributed by atoms with Crippen molar-refractivity contribution in [3.8, 4) is 28.1 Å². The van der Waals surface area contributed by atoms with Gasteiger partial charge in [0.15, 0.2) is 5.82 Å². The van der Waals surface area contributed by atoms with Crippen LogP contribution in [0.2, 0.25) is 0 Å². The third-order valence-corrected chi connectivity index (χ3v) is 4.91. The van der Waals surface area contributed by atoms with Crippen LogP contribution >= 0.6 is 0 Å². The molecule has 1 saturated heterocycles. The Morgan fingerprint density at radius 2 is 2.00 bits per heavy atom. The zero-order valence-electron chi connectivity index (χ0n) is 16.5. The van der Waals surface area contributed by atoms with Crippen molar-refractivity contribution in [2.75, 3.05) is 18.0 Å². The highest BCUT2D eigenvalue weighted by Gasteiger charge is 2.26. The molecule has 0 bridgehead atoms. The van der Waals surface area contributed by atoms with Crippen LogP contribution in [0.4, 0.5) is 5.82 Å². The summed E-state index contributed by atoms with van der Waals surface area (Å²) in [4.78, 5) is 2.25. The number of aromatic amines is 1. The van der Waals surface area contributed by atoms with Crippen LogP contribution in [0.1, 0.15) is 27.2 Å². The number of hydrogen-bond donors (Lipinski definition) is 3. The van der Waals surface area contributed by atoms with Crippen molar-refractivity contribution in [3.05, 3.63) is 42.7 Å². The lowest BCUT2D eigenvalue weighted by molar-refractivity contribution is 0.373. The van der Waals surface area contributed by atoms with Gasteiger partial charge in [0.2, 0.25) is 0 Å². The van der Waals surface area contributed by atoms with E-state index >= 15 is 0 Å². The molecule has 1 atom stereocenters. The lowest BCUT2D eigenvalue weighted by atomic mass is 10.0. The van der Waals surface area contributed by atoms with Gasteiger partial charge >= 0.3 is 0 Å². The van der Waals surface area contributed by atoms with Crippen molar-refractivity contribution >= 4 is 5.82 Å². The number of phenols is 1. The Morgan fingerprint density at radius 1 is 1.14 bits per heavy atom. The standard InChI is InChI=1S/C21H26N6O/c1-21(2,3)24-16-8-9-27(13-16)20-7-6-18(25-26-20)17-5-4-14(10-19(17)28)15-11-22-23-12-15/h4-7,10-12,16,24,28H,8-9,13H2,1-3H3,(H,22,23)/t16-/m0/s1. The molecule has 3 heterocycles. The molecule has 2 aromatic heterocycles. The topological polar surface area (TPSA) is 90.0 Å². The highest BCUT2D eigenvalue weighted by Crippen LogP contribution is 2.32. The number of rotatable bonds is 4. The van der Waals surface area contributed by atoms with Gasteiger partial charge < -0.3 is 15.3 Å². The van der Waals surface area contributed by atoms with E-state index in [1.54, 1.807) is 18.5 Å². The van der Waals surface area contributed by atoms with Crippen LogP contribution in [0.25, 0.3) is 22.4 Å². The number of nitrogens with zero attached hydrogens (tertiary/aromatic N) is 4. The highest BCUT2D eigenvalue weighted by atomic mass is 16.3. The second-order valence-corrected chi connectivity index (χ2v) is 8.32. The molecule has 0 radical (unpaired) electrons. The maximum absolute atomic E-state index is 10.5. The quantitative estimate of drug-likeness (QED) is 0.646. The van der Waals surface area contributed by atoms with E-state index in [1.165, 1.54) is 0 Å². The summed E-state index contributed by atoms with van der Waals surface area (Å²) in [6, 6.07) is 9.88. The molecule has 3 aromatic rings. The summed E-state index contributed by atoms with van der Waals surface area (Å²) in [6.45, 7) is 8.46. The van der Waals surface area contributed by atoms with E-state index in [0.29, 0.717) is 17.3 Å². The molecule has 4 rings (SSSR count). The maximum Gasteiger partial charge on any atom is 0.151 e. The molecule has 0 unspecified atom stereocenters. The number of phenolic OH excluding ortho intramolecular Hbond substituents is 1. The van der Waals surface area contributed by atoms with Gasteiger partial charge in [-0.15, -0.1) is 10.2 Å². The lowest BCUT2D eigenvalue weighted by Crippen LogP contribution is -2.45. The Hall–Kier alpha value is -2.93. The molecule has 1 aliphatic heterocycles. The van der Waals surface area contributed by atoms with Gasteiger partial charge in [-0.1, -0.05) is 6.07 Å². The summed E-state index contributed by atoms with van der Waals surface area (Å²) in [6.07, 6.45) is 4.61. The van der Waals surface area contributed by atoms with Crippen molar-refractivity contribution in [3.63, 3.8) is 0 Å². The Kier molecular flexibility index (Phi) is 4.77. The minimum Gasteiger partial charge on any atom is -0.507 e. The fraction of sp³-hybridized carbons (Fsp3) is 0.381. The zero-order valence-corrected chi connectivity index (χ0v) is 16.5. The van der Waals surface area contributed by atoms with Gasteiger partial charge in [-0.05, 0) is 57.0 Å². The fourth-order valence-electron chi connectivity index (χ4n) is 3.67. The van der Waals surface area contributed by atoms with Gasteiger partial charge in [0.05, 0.1) is 11.9 Å². The monoisotopic (exact) mass is 378 g/mol. The molecule has 0 spiro atoms. The number of hydrogen-bond acceptors (Lipinski definition) is 6. The van der Waals surface area contributed by atoms with Gasteiger partial charge in [-0.25, -0.2) is 0 Å². The summed E-state index contributed by atoms with van der Waals surface area (Å²) in [5.74, 6) is 1.05. The average molecular weight is 378 g/mol. The number of benzene rings is 1. The molecule has 3 N–H and O–H groups in total. The van der Waals surface area contributed by atoms with Gasteiger partial charge in [-0.3, -0.25) is 5.10 Å². The van der Waals surface area contributed by atoms with Crippen LogP contribution in [0.15, 0.2) is 42.7 Å². The summed E-state index contributed by atoms with van der Waals surface area (Å²) < 4.78 is 0. The van der Waals surface area contributed by atoms with Gasteiger partial charge in [0, 0.05) is 42.0 Å². The Bertz CT molecular complexity index is 931. The highest BCUT2D eigenvalue weighted by molar-refractivity contribution is 5.73. The minimum atomic E-state index is 0.108. The maximum atomic E-state index is 10.5. The smallest absolute Gasteiger partial charge is 0.151 e. The lowest BCUT2D eigenvalue weighted by Gasteiger charge is -2.26. The van der Waals surface area contributed by atoms with Crippen LogP contribution in [0.3, 0.4) is 0 Å². The number of H-pyrrole nitrogens is 1. The first-order chi connectivity index (χ1) is 13.4. The van der Waals surface area contributed by atoms with E-state index in [1.807, 2.05) is 24.3 Å². The minimum absolute atomic E-state index is 0.108. The Balaban J connectivity index is 1.48. The molecule has 0 amide bonds. The first-order valence-electron chi connectivity index (χ1n) is 9.58. The summed E-state index contributed by atoms with van der Waals surface area (Å²) >= 11 is 0. The SMILES string of the molecule is CC(C)(C)N[C@H]1CCN(c2ccc(-c3ccc(-c4cn[nH]c4)cc3O)nn2)C1. The normalized spacial score (nSPS) is 17.2. The molecule has 1 aromatic carbocycles. The van der Waals surface area contributed by atoms with Crippen molar-refractivity contribution in [1.29, 1.82) is 0 Å². The number of aromatic nitrogens is 4. The van der Waals surface area contributed by atoms with Crippen LogP contribution in [0.5, 0.6) is 5.75 Å². The predicted octanol–water partition coefficient (Wildman–Crippen LogP) is 3.21. The van der Waals surface area contributed by atoms with Crippen molar-refractivity contribution in [2.45, 2.75) is 38.8 Å². The van der Waals surface area contributed by atoms with E-state index in [0.717, 1.165) is 36.5 Å².